The highest BCUT2D eigenvalue weighted by atomic mass is 16.5. The van der Waals surface area contributed by atoms with E-state index in [2.05, 4.69) is 15.6 Å². The maximum atomic E-state index is 12.9. The van der Waals surface area contributed by atoms with Crippen molar-refractivity contribution in [2.75, 3.05) is 17.7 Å². The zero-order valence-corrected chi connectivity index (χ0v) is 18.4. The molecule has 0 saturated carbocycles. The number of carbonyl (C=O) groups is 2. The van der Waals surface area contributed by atoms with E-state index in [0.29, 0.717) is 34.7 Å². The molecule has 34 heavy (non-hydrogen) atoms. The predicted molar refractivity (Wildman–Crippen MR) is 129 cm³/mol. The van der Waals surface area contributed by atoms with Crippen LogP contribution < -0.4 is 15.4 Å². The van der Waals surface area contributed by atoms with Crippen molar-refractivity contribution in [3.05, 3.63) is 90.0 Å². The van der Waals surface area contributed by atoms with E-state index in [1.165, 1.54) is 0 Å². The molecule has 3 aromatic carbocycles. The average Bonchev–Trinajstić information content (AvgIpc) is 3.29. The Labute approximate surface area is 195 Å². The molecule has 0 atom stereocenters. The van der Waals surface area contributed by atoms with E-state index in [1.54, 1.807) is 43.9 Å². The third kappa shape index (κ3) is 4.21. The van der Waals surface area contributed by atoms with Gasteiger partial charge >= 0.3 is 5.97 Å². The number of fused-ring (bicyclic) bond motifs is 2. The van der Waals surface area contributed by atoms with Crippen molar-refractivity contribution in [2.24, 2.45) is 0 Å². The molecule has 1 aliphatic heterocycles. The number of aliphatic carboxylic acids is 1. The molecule has 0 radical (unpaired) electrons. The molecule has 0 fully saturated rings. The third-order valence-corrected chi connectivity index (χ3v) is 5.75. The summed E-state index contributed by atoms with van der Waals surface area (Å²) in [7, 11) is 1.65. The number of nitrogens with one attached hydrogen (secondary N) is 2. The Bertz CT molecular complexity index is 1400. The van der Waals surface area contributed by atoms with Gasteiger partial charge in [0.05, 0.1) is 49.0 Å². The van der Waals surface area contributed by atoms with E-state index >= 15 is 0 Å². The van der Waals surface area contributed by atoms with Gasteiger partial charge in [-0.2, -0.15) is 0 Å². The average molecular weight is 454 g/mol. The van der Waals surface area contributed by atoms with Crippen molar-refractivity contribution in [3.8, 4) is 16.9 Å². The number of rotatable bonds is 6. The molecule has 0 saturated heterocycles. The van der Waals surface area contributed by atoms with Crippen LogP contribution in [0.25, 0.3) is 11.1 Å². The molecule has 4 aromatic rings. The van der Waals surface area contributed by atoms with Gasteiger partial charge in [-0.25, -0.2) is 4.98 Å². The minimum Gasteiger partial charge on any atom is -0.496 e. The Morgan fingerprint density at radius 2 is 1.82 bits per heavy atom. The number of amides is 1. The fraction of sp³-hybridized carbons (Fsp3) is 0.115. The molecule has 0 spiro atoms. The second kappa shape index (κ2) is 8.74. The van der Waals surface area contributed by atoms with Crippen molar-refractivity contribution in [1.82, 2.24) is 9.55 Å². The number of nitrogens with zero attached hydrogens (tertiary/aromatic N) is 2. The summed E-state index contributed by atoms with van der Waals surface area (Å²) in [4.78, 5) is 28.0. The lowest BCUT2D eigenvalue weighted by molar-refractivity contribution is -0.136. The van der Waals surface area contributed by atoms with E-state index < -0.39 is 5.97 Å². The highest BCUT2D eigenvalue weighted by molar-refractivity contribution is 6.12. The second-order valence-corrected chi connectivity index (χ2v) is 8.05. The predicted octanol–water partition coefficient (Wildman–Crippen LogP) is 4.54. The Balaban J connectivity index is 1.47. The summed E-state index contributed by atoms with van der Waals surface area (Å²) in [5.74, 6) is -0.413. The number of carboxylic acid groups (broad SMARTS) is 1. The van der Waals surface area contributed by atoms with Gasteiger partial charge in [0, 0.05) is 18.0 Å². The summed E-state index contributed by atoms with van der Waals surface area (Å²) in [6, 6.07) is 16.9. The van der Waals surface area contributed by atoms with E-state index in [-0.39, 0.29) is 12.3 Å². The van der Waals surface area contributed by atoms with Crippen LogP contribution in [0.15, 0.2) is 73.3 Å². The minimum absolute atomic E-state index is 0.112. The lowest BCUT2D eigenvalue weighted by Crippen LogP contribution is -2.11. The van der Waals surface area contributed by atoms with Gasteiger partial charge in [-0.1, -0.05) is 24.3 Å². The summed E-state index contributed by atoms with van der Waals surface area (Å²) < 4.78 is 7.61. The smallest absolute Gasteiger partial charge is 0.307 e. The standard InChI is InChI=1S/C26H22N4O4/c1-34-24-13-18(3-4-19(24)14-30-9-8-27-15-30)17-5-6-20-22(12-17)28-21-7-2-16(11-25(31)32)10-23(21)29-26(20)33/h2-10,12-13,15,28H,11,14H2,1H3,(H,29,33)(H,31,32). The van der Waals surface area contributed by atoms with Gasteiger partial charge in [0.1, 0.15) is 5.75 Å². The summed E-state index contributed by atoms with van der Waals surface area (Å²) in [5.41, 5.74) is 5.95. The Hall–Kier alpha value is -4.59. The lowest BCUT2D eigenvalue weighted by Gasteiger charge is -2.14. The molecule has 170 valence electrons. The number of anilines is 3. The third-order valence-electron chi connectivity index (χ3n) is 5.75. The van der Waals surface area contributed by atoms with Crippen molar-refractivity contribution >= 4 is 28.9 Å². The number of hydrogen-bond donors (Lipinski definition) is 3. The number of hydrogen-bond acceptors (Lipinski definition) is 5. The highest BCUT2D eigenvalue weighted by Gasteiger charge is 2.20. The fourth-order valence-electron chi connectivity index (χ4n) is 4.08. The molecule has 0 unspecified atom stereocenters. The maximum absolute atomic E-state index is 12.9. The molecule has 2 heterocycles. The van der Waals surface area contributed by atoms with Gasteiger partial charge in [0.25, 0.3) is 5.91 Å². The number of carboxylic acids is 1. The van der Waals surface area contributed by atoms with Gasteiger partial charge in [0.2, 0.25) is 0 Å². The van der Waals surface area contributed by atoms with E-state index in [4.69, 9.17) is 9.84 Å². The molecule has 3 N–H and O–H groups in total. The topological polar surface area (TPSA) is 105 Å². The molecule has 1 aromatic heterocycles. The van der Waals surface area contributed by atoms with E-state index in [0.717, 1.165) is 22.4 Å². The summed E-state index contributed by atoms with van der Waals surface area (Å²) >= 11 is 0. The molecule has 1 amide bonds. The van der Waals surface area contributed by atoms with Crippen molar-refractivity contribution in [3.63, 3.8) is 0 Å². The molecule has 8 heteroatoms. The number of benzene rings is 3. The Morgan fingerprint density at radius 1 is 1.00 bits per heavy atom. The Kier molecular flexibility index (Phi) is 5.47. The minimum atomic E-state index is -0.924. The summed E-state index contributed by atoms with van der Waals surface area (Å²) in [6.45, 7) is 0.649. The van der Waals surface area contributed by atoms with Crippen LogP contribution in [-0.2, 0) is 17.8 Å². The first-order valence-corrected chi connectivity index (χ1v) is 10.7. The molecule has 0 aliphatic carbocycles. The van der Waals surface area contributed by atoms with Crippen LogP contribution in [0.5, 0.6) is 5.75 Å². The summed E-state index contributed by atoms with van der Waals surface area (Å²) in [6.07, 6.45) is 5.29. The van der Waals surface area contributed by atoms with Crippen LogP contribution in [0.1, 0.15) is 21.5 Å². The van der Waals surface area contributed by atoms with Gasteiger partial charge < -0.3 is 25.0 Å². The molecule has 0 bridgehead atoms. The number of imidazole rings is 1. The van der Waals surface area contributed by atoms with E-state index in [9.17, 15) is 9.59 Å². The monoisotopic (exact) mass is 454 g/mol. The number of aromatic nitrogens is 2. The first kappa shape index (κ1) is 21.3. The first-order chi connectivity index (χ1) is 16.5. The Morgan fingerprint density at radius 3 is 2.59 bits per heavy atom. The molecule has 8 nitrogen and oxygen atoms in total. The normalized spacial score (nSPS) is 12.1. The fourth-order valence-corrected chi connectivity index (χ4v) is 4.08. The zero-order chi connectivity index (χ0) is 23.7. The van der Waals surface area contributed by atoms with Crippen LogP contribution in [-0.4, -0.2) is 33.6 Å². The SMILES string of the molecule is COc1cc(-c2ccc3c(c2)Nc2ccc(CC(=O)O)cc2NC3=O)ccc1Cn1ccnc1. The van der Waals surface area contributed by atoms with Crippen LogP contribution in [0, 0.1) is 0 Å². The van der Waals surface area contributed by atoms with Crippen LogP contribution >= 0.6 is 0 Å². The number of ether oxygens (including phenoxy) is 1. The van der Waals surface area contributed by atoms with Crippen molar-refractivity contribution in [1.29, 1.82) is 0 Å². The number of methoxy groups -OCH3 is 1. The number of carbonyl (C=O) groups excluding carboxylic acids is 1. The van der Waals surface area contributed by atoms with Gasteiger partial charge in [-0.15, -0.1) is 0 Å². The molecular formula is C26H22N4O4. The molecule has 5 rings (SSSR count). The van der Waals surface area contributed by atoms with Crippen LogP contribution in [0.2, 0.25) is 0 Å². The summed E-state index contributed by atoms with van der Waals surface area (Å²) in [5, 5.41) is 15.3. The highest BCUT2D eigenvalue weighted by Crippen LogP contribution is 2.36. The van der Waals surface area contributed by atoms with Gasteiger partial charge in [-0.05, 0) is 47.0 Å². The first-order valence-electron chi connectivity index (χ1n) is 10.7. The quantitative estimate of drug-likeness (QED) is 0.395. The van der Waals surface area contributed by atoms with Crippen LogP contribution in [0.4, 0.5) is 17.1 Å². The zero-order valence-electron chi connectivity index (χ0n) is 18.4. The second-order valence-electron chi connectivity index (χ2n) is 8.05. The maximum Gasteiger partial charge on any atom is 0.307 e. The lowest BCUT2D eigenvalue weighted by atomic mass is 10.00. The van der Waals surface area contributed by atoms with E-state index in [1.807, 2.05) is 41.1 Å². The largest absolute Gasteiger partial charge is 0.496 e. The van der Waals surface area contributed by atoms with Gasteiger partial charge in [-0.3, -0.25) is 9.59 Å². The molecular weight excluding hydrogens is 432 g/mol. The van der Waals surface area contributed by atoms with Crippen molar-refractivity contribution in [2.45, 2.75) is 13.0 Å². The molecule has 1 aliphatic rings. The van der Waals surface area contributed by atoms with Gasteiger partial charge in [0.15, 0.2) is 0 Å². The van der Waals surface area contributed by atoms with Crippen molar-refractivity contribution < 1.29 is 19.4 Å². The van der Waals surface area contributed by atoms with Crippen LogP contribution in [0.3, 0.4) is 0 Å².